The quantitative estimate of drug-likeness (QED) is 0.923. The normalized spacial score (nSPS) is 25.5. The van der Waals surface area contributed by atoms with E-state index in [2.05, 4.69) is 41.0 Å². The van der Waals surface area contributed by atoms with Crippen molar-refractivity contribution in [1.82, 2.24) is 9.80 Å². The standard InChI is InChI=1S/C18H29N3/c1-2-15-6-8-16(9-7-15)18(19)14-20-11-12-21-10-4-3-5-17(21)13-20/h6-9,17-18H,2-5,10-14,19H2,1H3. The lowest BCUT2D eigenvalue weighted by Crippen LogP contribution is -2.55. The Labute approximate surface area is 129 Å². The number of benzene rings is 1. The lowest BCUT2D eigenvalue weighted by Gasteiger charge is -2.44. The largest absolute Gasteiger partial charge is 0.323 e. The minimum atomic E-state index is 0.144. The zero-order chi connectivity index (χ0) is 14.7. The minimum absolute atomic E-state index is 0.144. The highest BCUT2D eigenvalue weighted by atomic mass is 15.3. The van der Waals surface area contributed by atoms with Crippen LogP contribution in [0.15, 0.2) is 24.3 Å². The van der Waals surface area contributed by atoms with Gasteiger partial charge in [-0.05, 0) is 36.9 Å². The first-order valence-electron chi connectivity index (χ1n) is 8.57. The second-order valence-corrected chi connectivity index (χ2v) is 6.65. The van der Waals surface area contributed by atoms with E-state index in [9.17, 15) is 0 Å². The van der Waals surface area contributed by atoms with Gasteiger partial charge in [0, 0.05) is 38.3 Å². The second kappa shape index (κ2) is 6.91. The van der Waals surface area contributed by atoms with E-state index in [1.54, 1.807) is 0 Å². The molecule has 2 atom stereocenters. The number of aryl methyl sites for hydroxylation is 1. The number of nitrogens with zero attached hydrogens (tertiary/aromatic N) is 2. The van der Waals surface area contributed by atoms with Gasteiger partial charge in [0.05, 0.1) is 0 Å². The van der Waals surface area contributed by atoms with E-state index in [-0.39, 0.29) is 6.04 Å². The summed E-state index contributed by atoms with van der Waals surface area (Å²) in [5.41, 5.74) is 9.10. The van der Waals surface area contributed by atoms with Crippen LogP contribution < -0.4 is 5.73 Å². The third kappa shape index (κ3) is 3.65. The number of hydrogen-bond acceptors (Lipinski definition) is 3. The Bertz CT molecular complexity index is 442. The van der Waals surface area contributed by atoms with Crippen molar-refractivity contribution in [2.75, 3.05) is 32.7 Å². The fourth-order valence-electron chi connectivity index (χ4n) is 3.77. The smallest absolute Gasteiger partial charge is 0.0424 e. The maximum absolute atomic E-state index is 6.43. The Morgan fingerprint density at radius 2 is 1.95 bits per heavy atom. The van der Waals surface area contributed by atoms with E-state index < -0.39 is 0 Å². The average molecular weight is 287 g/mol. The molecule has 0 bridgehead atoms. The fraction of sp³-hybridized carbons (Fsp3) is 0.667. The number of nitrogens with two attached hydrogens (primary N) is 1. The lowest BCUT2D eigenvalue weighted by atomic mass is 9.98. The van der Waals surface area contributed by atoms with Crippen LogP contribution in [0.5, 0.6) is 0 Å². The number of rotatable bonds is 4. The summed E-state index contributed by atoms with van der Waals surface area (Å²) in [6.45, 7) is 8.11. The van der Waals surface area contributed by atoms with Crippen molar-refractivity contribution in [3.8, 4) is 0 Å². The predicted octanol–water partition coefficient (Wildman–Crippen LogP) is 2.42. The SMILES string of the molecule is CCc1ccc(C(N)CN2CCN3CCCCC3C2)cc1. The van der Waals surface area contributed by atoms with E-state index in [1.807, 2.05) is 0 Å². The number of fused-ring (bicyclic) bond motifs is 1. The highest BCUT2D eigenvalue weighted by Gasteiger charge is 2.29. The number of piperidine rings is 1. The summed E-state index contributed by atoms with van der Waals surface area (Å²) < 4.78 is 0. The molecule has 0 aliphatic carbocycles. The van der Waals surface area contributed by atoms with Gasteiger partial charge in [-0.25, -0.2) is 0 Å². The molecule has 2 heterocycles. The van der Waals surface area contributed by atoms with Crippen LogP contribution >= 0.6 is 0 Å². The molecule has 2 N–H and O–H groups in total. The minimum Gasteiger partial charge on any atom is -0.323 e. The Hall–Kier alpha value is -0.900. The molecule has 2 fully saturated rings. The van der Waals surface area contributed by atoms with Gasteiger partial charge in [-0.15, -0.1) is 0 Å². The third-order valence-corrected chi connectivity index (χ3v) is 5.19. The molecule has 2 aliphatic rings. The molecule has 21 heavy (non-hydrogen) atoms. The molecule has 0 spiro atoms. The van der Waals surface area contributed by atoms with Crippen molar-refractivity contribution < 1.29 is 0 Å². The van der Waals surface area contributed by atoms with Gasteiger partial charge in [0.15, 0.2) is 0 Å². The summed E-state index contributed by atoms with van der Waals surface area (Å²) >= 11 is 0. The highest BCUT2D eigenvalue weighted by molar-refractivity contribution is 5.25. The van der Waals surface area contributed by atoms with Gasteiger partial charge in [0.2, 0.25) is 0 Å². The number of piperazine rings is 1. The van der Waals surface area contributed by atoms with Crippen molar-refractivity contribution in [2.24, 2.45) is 5.73 Å². The lowest BCUT2D eigenvalue weighted by molar-refractivity contribution is 0.0466. The van der Waals surface area contributed by atoms with Gasteiger partial charge < -0.3 is 5.73 Å². The molecule has 0 amide bonds. The van der Waals surface area contributed by atoms with Gasteiger partial charge in [-0.1, -0.05) is 37.6 Å². The molecule has 1 aromatic rings. The summed E-state index contributed by atoms with van der Waals surface area (Å²) in [5, 5.41) is 0. The molecule has 2 unspecified atom stereocenters. The topological polar surface area (TPSA) is 32.5 Å². The van der Waals surface area contributed by atoms with Crippen LogP contribution in [0.2, 0.25) is 0 Å². The van der Waals surface area contributed by atoms with Gasteiger partial charge in [0.1, 0.15) is 0 Å². The van der Waals surface area contributed by atoms with E-state index in [0.717, 1.165) is 19.0 Å². The van der Waals surface area contributed by atoms with Crippen LogP contribution in [-0.4, -0.2) is 48.6 Å². The zero-order valence-corrected chi connectivity index (χ0v) is 13.3. The maximum Gasteiger partial charge on any atom is 0.0424 e. The molecule has 0 saturated carbocycles. The van der Waals surface area contributed by atoms with E-state index in [1.165, 1.54) is 56.6 Å². The first-order valence-corrected chi connectivity index (χ1v) is 8.57. The summed E-state index contributed by atoms with van der Waals surface area (Å²) in [6.07, 6.45) is 5.26. The molecule has 2 saturated heterocycles. The molecule has 3 rings (SSSR count). The summed E-state index contributed by atoms with van der Waals surface area (Å²) in [5.74, 6) is 0. The van der Waals surface area contributed by atoms with Crippen LogP contribution in [0.3, 0.4) is 0 Å². The zero-order valence-electron chi connectivity index (χ0n) is 13.3. The maximum atomic E-state index is 6.43. The van der Waals surface area contributed by atoms with Gasteiger partial charge in [0.25, 0.3) is 0 Å². The number of hydrogen-bond donors (Lipinski definition) is 1. The van der Waals surface area contributed by atoms with Crippen LogP contribution in [-0.2, 0) is 6.42 Å². The predicted molar refractivity (Wildman–Crippen MR) is 88.4 cm³/mol. The molecular formula is C18H29N3. The van der Waals surface area contributed by atoms with Gasteiger partial charge in [-0.2, -0.15) is 0 Å². The molecule has 2 aliphatic heterocycles. The first kappa shape index (κ1) is 15.0. The second-order valence-electron chi connectivity index (χ2n) is 6.65. The van der Waals surface area contributed by atoms with Gasteiger partial charge in [-0.3, -0.25) is 9.80 Å². The fourth-order valence-corrected chi connectivity index (χ4v) is 3.77. The van der Waals surface area contributed by atoms with Crippen LogP contribution in [0, 0.1) is 0 Å². The van der Waals surface area contributed by atoms with Crippen molar-refractivity contribution in [3.05, 3.63) is 35.4 Å². The van der Waals surface area contributed by atoms with E-state index >= 15 is 0 Å². The van der Waals surface area contributed by atoms with Crippen molar-refractivity contribution in [3.63, 3.8) is 0 Å². The van der Waals surface area contributed by atoms with Crippen molar-refractivity contribution in [2.45, 2.75) is 44.7 Å². The molecule has 1 aromatic carbocycles. The molecule has 3 nitrogen and oxygen atoms in total. The Kier molecular flexibility index (Phi) is 4.94. The Morgan fingerprint density at radius 3 is 2.71 bits per heavy atom. The van der Waals surface area contributed by atoms with E-state index in [0.29, 0.717) is 0 Å². The Morgan fingerprint density at radius 1 is 1.14 bits per heavy atom. The van der Waals surface area contributed by atoms with Gasteiger partial charge >= 0.3 is 0 Å². The third-order valence-electron chi connectivity index (χ3n) is 5.19. The van der Waals surface area contributed by atoms with Crippen LogP contribution in [0.25, 0.3) is 0 Å². The monoisotopic (exact) mass is 287 g/mol. The average Bonchev–Trinajstić information content (AvgIpc) is 2.55. The molecule has 116 valence electrons. The molecule has 3 heteroatoms. The van der Waals surface area contributed by atoms with Crippen LogP contribution in [0.1, 0.15) is 43.4 Å². The first-order chi connectivity index (χ1) is 10.3. The Balaban J connectivity index is 1.55. The van der Waals surface area contributed by atoms with E-state index in [4.69, 9.17) is 5.73 Å². The van der Waals surface area contributed by atoms with Crippen molar-refractivity contribution >= 4 is 0 Å². The summed E-state index contributed by atoms with van der Waals surface area (Å²) in [4.78, 5) is 5.26. The molecule has 0 aromatic heterocycles. The van der Waals surface area contributed by atoms with Crippen molar-refractivity contribution in [1.29, 1.82) is 0 Å². The summed E-state index contributed by atoms with van der Waals surface area (Å²) in [7, 11) is 0. The van der Waals surface area contributed by atoms with Crippen LogP contribution in [0.4, 0.5) is 0 Å². The molecular weight excluding hydrogens is 258 g/mol. The summed E-state index contributed by atoms with van der Waals surface area (Å²) in [6, 6.07) is 9.77. The highest BCUT2D eigenvalue weighted by Crippen LogP contribution is 2.22. The molecule has 0 radical (unpaired) electrons.